The molecule has 0 aliphatic carbocycles. The average Bonchev–Trinajstić information content (AvgIpc) is 2.43. The van der Waals surface area contributed by atoms with Crippen molar-refractivity contribution in [2.75, 3.05) is 33.8 Å². The summed E-state index contributed by atoms with van der Waals surface area (Å²) < 4.78 is 5.18. The summed E-state index contributed by atoms with van der Waals surface area (Å²) >= 11 is 0. The summed E-state index contributed by atoms with van der Waals surface area (Å²) in [5.74, 6) is 0. The van der Waals surface area contributed by atoms with Crippen molar-refractivity contribution in [1.29, 1.82) is 0 Å². The Balaban J connectivity index is 1.79. The maximum Gasteiger partial charge on any atom is 0.0713 e. The Bertz CT molecular complexity index is 411. The van der Waals surface area contributed by atoms with E-state index in [1.54, 1.807) is 7.11 Å². The molecule has 3 nitrogen and oxygen atoms in total. The summed E-state index contributed by atoms with van der Waals surface area (Å²) in [5, 5.41) is 3.64. The summed E-state index contributed by atoms with van der Waals surface area (Å²) in [6, 6.07) is 8.64. The summed E-state index contributed by atoms with van der Waals surface area (Å²) in [6.07, 6.45) is 2.58. The molecule has 1 heterocycles. The molecule has 0 amide bonds. The first-order valence-corrected chi connectivity index (χ1v) is 7.57. The van der Waals surface area contributed by atoms with Gasteiger partial charge in [-0.05, 0) is 49.5 Å². The maximum absolute atomic E-state index is 5.18. The molecule has 1 saturated heterocycles. The van der Waals surface area contributed by atoms with E-state index < -0.39 is 0 Å². The third kappa shape index (κ3) is 4.58. The summed E-state index contributed by atoms with van der Waals surface area (Å²) in [5.41, 5.74) is 3.05. The monoisotopic (exact) mass is 276 g/mol. The Kier molecular flexibility index (Phi) is 5.58. The molecule has 0 radical (unpaired) electrons. The highest BCUT2D eigenvalue weighted by molar-refractivity contribution is 5.22. The number of rotatable bonds is 6. The summed E-state index contributed by atoms with van der Waals surface area (Å²) in [6.45, 7) is 7.60. The van der Waals surface area contributed by atoms with Crippen LogP contribution in [0.1, 0.15) is 30.9 Å². The highest BCUT2D eigenvalue weighted by atomic mass is 16.5. The number of methoxy groups -OCH3 is 1. The van der Waals surface area contributed by atoms with Gasteiger partial charge in [0.2, 0.25) is 0 Å². The number of nitrogens with one attached hydrogen (secondary N) is 1. The molecule has 112 valence electrons. The van der Waals surface area contributed by atoms with Crippen LogP contribution in [0.25, 0.3) is 0 Å². The molecule has 1 aromatic rings. The number of benzene rings is 1. The Morgan fingerprint density at radius 3 is 2.65 bits per heavy atom. The van der Waals surface area contributed by atoms with Gasteiger partial charge in [-0.15, -0.1) is 0 Å². The van der Waals surface area contributed by atoms with Gasteiger partial charge in [-0.2, -0.15) is 0 Å². The molecule has 1 N–H and O–H groups in total. The first-order valence-electron chi connectivity index (χ1n) is 7.57. The Hall–Kier alpha value is -0.900. The second kappa shape index (κ2) is 7.21. The van der Waals surface area contributed by atoms with Crippen LogP contribution in [0.2, 0.25) is 0 Å². The highest BCUT2D eigenvalue weighted by Crippen LogP contribution is 2.29. The lowest BCUT2D eigenvalue weighted by Gasteiger charge is -2.38. The fraction of sp³-hybridized carbons (Fsp3) is 0.647. The van der Waals surface area contributed by atoms with E-state index in [-0.39, 0.29) is 0 Å². The molecule has 2 rings (SSSR count). The summed E-state index contributed by atoms with van der Waals surface area (Å²) in [7, 11) is 3.96. The Morgan fingerprint density at radius 1 is 1.25 bits per heavy atom. The molecule has 0 aromatic heterocycles. The molecule has 0 unspecified atom stereocenters. The van der Waals surface area contributed by atoms with Gasteiger partial charge in [0.25, 0.3) is 0 Å². The Labute approximate surface area is 123 Å². The van der Waals surface area contributed by atoms with Crippen molar-refractivity contribution in [1.82, 2.24) is 10.2 Å². The van der Waals surface area contributed by atoms with Gasteiger partial charge < -0.3 is 15.0 Å². The van der Waals surface area contributed by atoms with Gasteiger partial charge in [0.15, 0.2) is 0 Å². The van der Waals surface area contributed by atoms with Crippen LogP contribution in [0.15, 0.2) is 24.3 Å². The van der Waals surface area contributed by atoms with Crippen LogP contribution in [0.5, 0.6) is 0 Å². The zero-order valence-corrected chi connectivity index (χ0v) is 13.1. The lowest BCUT2D eigenvalue weighted by molar-refractivity contribution is 0.137. The molecular weight excluding hydrogens is 248 g/mol. The minimum atomic E-state index is 0.455. The van der Waals surface area contributed by atoms with Crippen molar-refractivity contribution < 1.29 is 4.74 Å². The third-order valence-corrected chi connectivity index (χ3v) is 4.38. The standard InChI is InChI=1S/C17H28N2O/c1-17(7-9-19(2)10-8-17)14-18-12-15-5-4-6-16(11-15)13-20-3/h4-6,11,18H,7-10,12-14H2,1-3H3. The van der Waals surface area contributed by atoms with E-state index in [1.165, 1.54) is 37.1 Å². The van der Waals surface area contributed by atoms with Gasteiger partial charge >= 0.3 is 0 Å². The zero-order valence-electron chi connectivity index (χ0n) is 13.1. The van der Waals surface area contributed by atoms with E-state index in [1.807, 2.05) is 0 Å². The van der Waals surface area contributed by atoms with Crippen molar-refractivity contribution in [3.8, 4) is 0 Å². The van der Waals surface area contributed by atoms with E-state index in [9.17, 15) is 0 Å². The van der Waals surface area contributed by atoms with Gasteiger partial charge in [-0.1, -0.05) is 31.2 Å². The fourth-order valence-electron chi connectivity index (χ4n) is 2.84. The molecule has 20 heavy (non-hydrogen) atoms. The number of nitrogens with zero attached hydrogens (tertiary/aromatic N) is 1. The van der Waals surface area contributed by atoms with Crippen LogP contribution in [-0.2, 0) is 17.9 Å². The summed E-state index contributed by atoms with van der Waals surface area (Å²) in [4.78, 5) is 2.43. The van der Waals surface area contributed by atoms with Crippen molar-refractivity contribution in [3.63, 3.8) is 0 Å². The van der Waals surface area contributed by atoms with E-state index in [4.69, 9.17) is 4.74 Å². The molecule has 1 fully saturated rings. The van der Waals surface area contributed by atoms with Gasteiger partial charge in [-0.25, -0.2) is 0 Å². The SMILES string of the molecule is COCc1cccc(CNCC2(C)CCN(C)CC2)c1. The molecule has 1 aliphatic rings. The predicted molar refractivity (Wildman–Crippen MR) is 83.7 cm³/mol. The van der Waals surface area contributed by atoms with Crippen LogP contribution in [0, 0.1) is 5.41 Å². The van der Waals surface area contributed by atoms with Crippen LogP contribution in [-0.4, -0.2) is 38.7 Å². The van der Waals surface area contributed by atoms with E-state index in [0.29, 0.717) is 12.0 Å². The van der Waals surface area contributed by atoms with Gasteiger partial charge in [0.1, 0.15) is 0 Å². The third-order valence-electron chi connectivity index (χ3n) is 4.38. The van der Waals surface area contributed by atoms with Crippen molar-refractivity contribution in [2.24, 2.45) is 5.41 Å². The molecule has 3 heteroatoms. The fourth-order valence-corrected chi connectivity index (χ4v) is 2.84. The number of ether oxygens (including phenoxy) is 1. The molecule has 1 aliphatic heterocycles. The lowest BCUT2D eigenvalue weighted by atomic mass is 9.80. The van der Waals surface area contributed by atoms with Crippen LogP contribution < -0.4 is 5.32 Å². The average molecular weight is 276 g/mol. The smallest absolute Gasteiger partial charge is 0.0713 e. The van der Waals surface area contributed by atoms with Crippen LogP contribution in [0.3, 0.4) is 0 Å². The lowest BCUT2D eigenvalue weighted by Crippen LogP contribution is -2.41. The van der Waals surface area contributed by atoms with Gasteiger partial charge in [0.05, 0.1) is 6.61 Å². The first kappa shape index (κ1) is 15.5. The van der Waals surface area contributed by atoms with E-state index >= 15 is 0 Å². The minimum absolute atomic E-state index is 0.455. The quantitative estimate of drug-likeness (QED) is 0.864. The van der Waals surface area contributed by atoms with E-state index in [2.05, 4.69) is 48.5 Å². The number of hydrogen-bond acceptors (Lipinski definition) is 3. The molecule has 0 bridgehead atoms. The Morgan fingerprint density at radius 2 is 1.95 bits per heavy atom. The second-order valence-corrected chi connectivity index (χ2v) is 6.47. The predicted octanol–water partition coefficient (Wildman–Crippen LogP) is 2.65. The topological polar surface area (TPSA) is 24.5 Å². The van der Waals surface area contributed by atoms with E-state index in [0.717, 1.165) is 13.1 Å². The van der Waals surface area contributed by atoms with Crippen LogP contribution >= 0.6 is 0 Å². The normalized spacial score (nSPS) is 19.1. The largest absolute Gasteiger partial charge is 0.380 e. The number of piperidine rings is 1. The minimum Gasteiger partial charge on any atom is -0.380 e. The van der Waals surface area contributed by atoms with Crippen molar-refractivity contribution in [3.05, 3.63) is 35.4 Å². The maximum atomic E-state index is 5.18. The number of likely N-dealkylation sites (tertiary alicyclic amines) is 1. The van der Waals surface area contributed by atoms with Gasteiger partial charge in [-0.3, -0.25) is 0 Å². The van der Waals surface area contributed by atoms with Gasteiger partial charge in [0, 0.05) is 20.2 Å². The molecular formula is C17H28N2O. The number of hydrogen-bond donors (Lipinski definition) is 1. The van der Waals surface area contributed by atoms with Crippen molar-refractivity contribution in [2.45, 2.75) is 32.9 Å². The van der Waals surface area contributed by atoms with Crippen molar-refractivity contribution >= 4 is 0 Å². The zero-order chi connectivity index (χ0) is 14.4. The molecule has 0 saturated carbocycles. The molecule has 0 atom stereocenters. The highest BCUT2D eigenvalue weighted by Gasteiger charge is 2.28. The molecule has 0 spiro atoms. The molecule has 1 aromatic carbocycles. The van der Waals surface area contributed by atoms with Crippen LogP contribution in [0.4, 0.5) is 0 Å². The first-order chi connectivity index (χ1) is 9.61. The second-order valence-electron chi connectivity index (χ2n) is 6.47.